The van der Waals surface area contributed by atoms with Gasteiger partial charge in [0, 0.05) is 24.7 Å². The number of carbonyl (C=O) groups is 1. The van der Waals surface area contributed by atoms with Crippen molar-refractivity contribution in [3.63, 3.8) is 0 Å². The van der Waals surface area contributed by atoms with Crippen LogP contribution in [0.3, 0.4) is 0 Å². The van der Waals surface area contributed by atoms with Crippen molar-refractivity contribution in [2.75, 3.05) is 0 Å². The molecule has 1 unspecified atom stereocenters. The quantitative estimate of drug-likeness (QED) is 0.575. The fourth-order valence-electron chi connectivity index (χ4n) is 5.16. The number of nitriles is 1. The van der Waals surface area contributed by atoms with Crippen molar-refractivity contribution in [1.82, 2.24) is 0 Å². The Morgan fingerprint density at radius 3 is 2.87 bits per heavy atom. The van der Waals surface area contributed by atoms with E-state index in [-0.39, 0.29) is 23.7 Å². The molecule has 23 heavy (non-hydrogen) atoms. The number of carbonyl (C=O) groups excluding carboxylic acids is 1. The zero-order valence-corrected chi connectivity index (χ0v) is 13.6. The third kappa shape index (κ3) is 2.07. The lowest BCUT2D eigenvalue weighted by Crippen LogP contribution is -2.70. The molecular weight excluding hydrogens is 298 g/mol. The van der Waals surface area contributed by atoms with E-state index in [1.165, 1.54) is 0 Å². The van der Waals surface area contributed by atoms with E-state index in [1.54, 1.807) is 0 Å². The highest BCUT2D eigenvalue weighted by Gasteiger charge is 2.70. The number of ether oxygens (including phenoxy) is 2. The monoisotopic (exact) mass is 321 g/mol. The molecule has 2 bridgehead atoms. The molecule has 6 heteroatoms. The maximum atomic E-state index is 12.5. The van der Waals surface area contributed by atoms with Crippen LogP contribution in [0.2, 0.25) is 0 Å². The summed E-state index contributed by atoms with van der Waals surface area (Å²) in [6.45, 7) is 4.07. The van der Waals surface area contributed by atoms with Crippen molar-refractivity contribution in [1.29, 1.82) is 5.26 Å². The van der Waals surface area contributed by atoms with Gasteiger partial charge in [0.15, 0.2) is 5.60 Å². The predicted octanol–water partition coefficient (Wildman–Crippen LogP) is 2.68. The minimum Gasteiger partial charge on any atom is -0.432 e. The zero-order valence-electron chi connectivity index (χ0n) is 13.6. The van der Waals surface area contributed by atoms with Crippen molar-refractivity contribution in [2.45, 2.75) is 70.1 Å². The Balaban J connectivity index is 1.76. The summed E-state index contributed by atoms with van der Waals surface area (Å²) in [4.78, 5) is 24.2. The molecule has 4 saturated heterocycles. The fraction of sp³-hybridized carbons (Fsp3) is 0.882. The van der Waals surface area contributed by atoms with Gasteiger partial charge in [-0.3, -0.25) is 4.79 Å². The van der Waals surface area contributed by atoms with Gasteiger partial charge >= 0.3 is 5.97 Å². The van der Waals surface area contributed by atoms with Gasteiger partial charge in [0.1, 0.15) is 0 Å². The van der Waals surface area contributed by atoms with Crippen LogP contribution in [0, 0.1) is 35.0 Å². The molecule has 5 fully saturated rings. The summed E-state index contributed by atoms with van der Waals surface area (Å²) >= 11 is 0. The average molecular weight is 321 g/mol. The van der Waals surface area contributed by atoms with Crippen molar-refractivity contribution in [3.05, 3.63) is 0 Å². The molecule has 0 aromatic heterocycles. The second-order valence-corrected chi connectivity index (χ2v) is 7.65. The molecule has 0 aromatic carbocycles. The molecule has 1 aliphatic carbocycles. The van der Waals surface area contributed by atoms with Gasteiger partial charge in [-0.15, -0.1) is 0 Å². The van der Waals surface area contributed by atoms with Crippen LogP contribution in [-0.2, 0) is 24.0 Å². The third-order valence-electron chi connectivity index (χ3n) is 6.35. The van der Waals surface area contributed by atoms with Gasteiger partial charge in [-0.2, -0.15) is 5.26 Å². The van der Waals surface area contributed by atoms with Gasteiger partial charge in [0.05, 0.1) is 12.0 Å². The Hall–Kier alpha value is -1.16. The summed E-state index contributed by atoms with van der Waals surface area (Å²) in [6.07, 6.45) is 3.75. The van der Waals surface area contributed by atoms with Gasteiger partial charge in [-0.1, -0.05) is 6.92 Å². The van der Waals surface area contributed by atoms with Crippen molar-refractivity contribution < 1.29 is 24.0 Å². The molecule has 0 aromatic rings. The number of nitrogens with zero attached hydrogens (tertiary/aromatic N) is 1. The highest BCUT2D eigenvalue weighted by molar-refractivity contribution is 5.74. The lowest BCUT2D eigenvalue weighted by molar-refractivity contribution is -0.559. The van der Waals surface area contributed by atoms with Crippen LogP contribution >= 0.6 is 0 Å². The Kier molecular flexibility index (Phi) is 3.45. The van der Waals surface area contributed by atoms with Crippen molar-refractivity contribution in [3.8, 4) is 6.07 Å². The maximum absolute atomic E-state index is 12.5. The van der Waals surface area contributed by atoms with E-state index in [2.05, 4.69) is 13.0 Å². The van der Waals surface area contributed by atoms with Gasteiger partial charge in [0.25, 0.3) is 0 Å². The van der Waals surface area contributed by atoms with Crippen LogP contribution in [0.15, 0.2) is 0 Å². The SMILES string of the molecule is C[C@@H]1CC[C@H]2[C@@H](CCC#N)C(=O)O[C@@H]3O[C@@]4(C)CCC1[C@]32OO4. The van der Waals surface area contributed by atoms with Crippen molar-refractivity contribution >= 4 is 5.97 Å². The molecule has 1 spiro atoms. The number of hydrogen-bond donors (Lipinski definition) is 0. The molecule has 0 radical (unpaired) electrons. The first-order valence-corrected chi connectivity index (χ1v) is 8.62. The largest absolute Gasteiger partial charge is 0.432 e. The molecule has 6 nitrogen and oxygen atoms in total. The van der Waals surface area contributed by atoms with Gasteiger partial charge in [-0.05, 0) is 38.5 Å². The van der Waals surface area contributed by atoms with E-state index in [9.17, 15) is 4.79 Å². The molecule has 4 aliphatic heterocycles. The third-order valence-corrected chi connectivity index (χ3v) is 6.35. The minimum atomic E-state index is -0.850. The molecule has 5 rings (SSSR count). The Morgan fingerprint density at radius 2 is 2.09 bits per heavy atom. The van der Waals surface area contributed by atoms with Gasteiger partial charge < -0.3 is 9.47 Å². The lowest BCUT2D eigenvalue weighted by Gasteiger charge is -2.58. The molecule has 126 valence electrons. The van der Waals surface area contributed by atoms with Crippen molar-refractivity contribution in [2.24, 2.45) is 23.7 Å². The van der Waals surface area contributed by atoms with Crippen LogP contribution in [0.4, 0.5) is 0 Å². The van der Waals surface area contributed by atoms with Crippen LogP contribution in [-0.4, -0.2) is 23.6 Å². The van der Waals surface area contributed by atoms with E-state index in [0.717, 1.165) is 25.7 Å². The zero-order chi connectivity index (χ0) is 16.2. The summed E-state index contributed by atoms with van der Waals surface area (Å²) in [7, 11) is 0. The summed E-state index contributed by atoms with van der Waals surface area (Å²) in [6, 6.07) is 2.14. The van der Waals surface area contributed by atoms with E-state index >= 15 is 0 Å². The summed E-state index contributed by atoms with van der Waals surface area (Å²) in [5.41, 5.74) is -0.721. The van der Waals surface area contributed by atoms with E-state index < -0.39 is 17.7 Å². The molecule has 5 aliphatic rings. The average Bonchev–Trinajstić information content (AvgIpc) is 2.74. The van der Waals surface area contributed by atoms with Crippen LogP contribution in [0.25, 0.3) is 0 Å². The first-order valence-electron chi connectivity index (χ1n) is 8.62. The lowest BCUT2D eigenvalue weighted by atomic mass is 9.57. The van der Waals surface area contributed by atoms with Crippen LogP contribution in [0.1, 0.15) is 52.4 Å². The van der Waals surface area contributed by atoms with Gasteiger partial charge in [0.2, 0.25) is 12.1 Å². The molecule has 0 N–H and O–H groups in total. The first kappa shape index (κ1) is 15.4. The fourth-order valence-corrected chi connectivity index (χ4v) is 5.16. The minimum absolute atomic E-state index is 0.00838. The Labute approximate surface area is 135 Å². The number of fused-ring (bicyclic) bond motifs is 2. The topological polar surface area (TPSA) is 77.8 Å². The summed E-state index contributed by atoms with van der Waals surface area (Å²) in [5, 5.41) is 8.91. The Morgan fingerprint density at radius 1 is 1.26 bits per heavy atom. The predicted molar refractivity (Wildman–Crippen MR) is 77.2 cm³/mol. The molecule has 7 atom stereocenters. The maximum Gasteiger partial charge on any atom is 0.311 e. The second kappa shape index (κ2) is 5.17. The first-order chi connectivity index (χ1) is 11.0. The van der Waals surface area contributed by atoms with Gasteiger partial charge in [-0.25, -0.2) is 9.78 Å². The molecule has 4 heterocycles. The highest BCUT2D eigenvalue weighted by Crippen LogP contribution is 2.60. The number of rotatable bonds is 2. The Bertz CT molecular complexity index is 560. The molecule has 1 saturated carbocycles. The van der Waals surface area contributed by atoms with E-state index in [4.69, 9.17) is 24.5 Å². The summed E-state index contributed by atoms with van der Waals surface area (Å²) in [5.74, 6) is -0.712. The highest BCUT2D eigenvalue weighted by atomic mass is 17.3. The van der Waals surface area contributed by atoms with E-state index in [1.807, 2.05) is 6.92 Å². The standard InChI is InChI=1S/C17H23NO5/c1-10-5-6-13-11(4-3-9-18)14(19)20-15-17(13)12(10)7-8-16(2,21-15)22-23-17/h10-13,15H,3-8H2,1-2H3/t10-,11-,12?,13+,15-,16-,17-/m1/s1. The molecular formula is C17H23NO5. The number of hydrogen-bond acceptors (Lipinski definition) is 6. The summed E-state index contributed by atoms with van der Waals surface area (Å²) < 4.78 is 11.7. The normalized spacial score (nSPS) is 51.3. The van der Waals surface area contributed by atoms with Crippen LogP contribution in [0.5, 0.6) is 0 Å². The number of esters is 1. The second-order valence-electron chi connectivity index (χ2n) is 7.65. The molecule has 0 amide bonds. The smallest absolute Gasteiger partial charge is 0.311 e. The van der Waals surface area contributed by atoms with Crippen LogP contribution < -0.4 is 0 Å². The van der Waals surface area contributed by atoms with E-state index in [0.29, 0.717) is 18.8 Å².